The molecule has 1 aromatic carbocycles. The highest BCUT2D eigenvalue weighted by atomic mass is 19.1. The van der Waals surface area contributed by atoms with Crippen molar-refractivity contribution in [3.63, 3.8) is 0 Å². The quantitative estimate of drug-likeness (QED) is 0.433. The van der Waals surface area contributed by atoms with Gasteiger partial charge in [-0.2, -0.15) is 10.2 Å². The van der Waals surface area contributed by atoms with Gasteiger partial charge in [-0.05, 0) is 39.0 Å². The Hall–Kier alpha value is -3.75. The zero-order chi connectivity index (χ0) is 22.8. The molecule has 32 heavy (non-hydrogen) atoms. The zero-order valence-electron chi connectivity index (χ0n) is 18.8. The maximum atomic E-state index is 14.9. The van der Waals surface area contributed by atoms with Gasteiger partial charge in [0.15, 0.2) is 11.6 Å². The smallest absolute Gasteiger partial charge is 0.213 e. The second-order valence-corrected chi connectivity index (χ2v) is 7.40. The molecule has 0 atom stereocenters. The van der Waals surface area contributed by atoms with E-state index in [9.17, 15) is 4.39 Å². The number of rotatable bonds is 7. The standard InChI is InChI=1S/C23H25FN6O2/c1-6-32-17-10-11-19(18(24)12-17)30-15(3)21-14(2)26-27-23(22(21)28-30)29(4)13-16-8-7-9-20(25-16)31-5/h7-12H,6,13H2,1-5H3. The van der Waals surface area contributed by atoms with Gasteiger partial charge in [0, 0.05) is 19.2 Å². The lowest BCUT2D eigenvalue weighted by molar-refractivity contribution is 0.338. The molecule has 0 aliphatic rings. The predicted octanol–water partition coefficient (Wildman–Crippen LogP) is 4.01. The molecule has 166 valence electrons. The largest absolute Gasteiger partial charge is 0.494 e. The van der Waals surface area contributed by atoms with E-state index < -0.39 is 5.82 Å². The number of aryl methyl sites for hydroxylation is 2. The highest BCUT2D eigenvalue weighted by molar-refractivity contribution is 5.92. The van der Waals surface area contributed by atoms with E-state index in [4.69, 9.17) is 14.6 Å². The number of ether oxygens (including phenoxy) is 2. The summed E-state index contributed by atoms with van der Waals surface area (Å²) in [7, 11) is 3.48. The third-order valence-corrected chi connectivity index (χ3v) is 5.19. The molecular weight excluding hydrogens is 411 g/mol. The van der Waals surface area contributed by atoms with Crippen molar-refractivity contribution in [2.24, 2.45) is 0 Å². The summed E-state index contributed by atoms with van der Waals surface area (Å²) >= 11 is 0. The van der Waals surface area contributed by atoms with Gasteiger partial charge in [0.1, 0.15) is 17.0 Å². The summed E-state index contributed by atoms with van der Waals surface area (Å²) in [5.41, 5.74) is 3.31. The second-order valence-electron chi connectivity index (χ2n) is 7.40. The third-order valence-electron chi connectivity index (χ3n) is 5.19. The fourth-order valence-electron chi connectivity index (χ4n) is 3.70. The van der Waals surface area contributed by atoms with Gasteiger partial charge in [-0.15, -0.1) is 5.10 Å². The number of benzene rings is 1. The van der Waals surface area contributed by atoms with Crippen molar-refractivity contribution in [3.05, 3.63) is 59.3 Å². The van der Waals surface area contributed by atoms with Gasteiger partial charge < -0.3 is 14.4 Å². The van der Waals surface area contributed by atoms with Crippen LogP contribution in [0.25, 0.3) is 16.6 Å². The fourth-order valence-corrected chi connectivity index (χ4v) is 3.70. The first-order valence-electron chi connectivity index (χ1n) is 10.3. The van der Waals surface area contributed by atoms with Gasteiger partial charge in [-0.25, -0.2) is 14.1 Å². The van der Waals surface area contributed by atoms with Crippen LogP contribution in [0.2, 0.25) is 0 Å². The van der Waals surface area contributed by atoms with Crippen molar-refractivity contribution in [1.29, 1.82) is 0 Å². The number of methoxy groups -OCH3 is 1. The number of aromatic nitrogens is 5. The van der Waals surface area contributed by atoms with Crippen LogP contribution in [0, 0.1) is 19.7 Å². The maximum absolute atomic E-state index is 14.9. The highest BCUT2D eigenvalue weighted by Gasteiger charge is 2.21. The van der Waals surface area contributed by atoms with Crippen LogP contribution in [-0.4, -0.2) is 45.7 Å². The van der Waals surface area contributed by atoms with Crippen LogP contribution >= 0.6 is 0 Å². The van der Waals surface area contributed by atoms with Crippen LogP contribution in [-0.2, 0) is 6.54 Å². The van der Waals surface area contributed by atoms with E-state index >= 15 is 0 Å². The molecule has 0 spiro atoms. The molecule has 0 N–H and O–H groups in total. The van der Waals surface area contributed by atoms with Gasteiger partial charge in [-0.3, -0.25) is 0 Å². The van der Waals surface area contributed by atoms with Crippen LogP contribution in [0.15, 0.2) is 36.4 Å². The summed E-state index contributed by atoms with van der Waals surface area (Å²) in [4.78, 5) is 6.38. The molecule has 4 aromatic rings. The number of pyridine rings is 1. The third kappa shape index (κ3) is 3.93. The van der Waals surface area contributed by atoms with E-state index in [2.05, 4.69) is 15.2 Å². The van der Waals surface area contributed by atoms with Crippen molar-refractivity contribution in [1.82, 2.24) is 25.0 Å². The van der Waals surface area contributed by atoms with Gasteiger partial charge in [0.2, 0.25) is 5.88 Å². The number of hydrogen-bond acceptors (Lipinski definition) is 7. The molecule has 0 amide bonds. The summed E-state index contributed by atoms with van der Waals surface area (Å²) in [5, 5.41) is 14.3. The number of halogens is 1. The molecule has 0 unspecified atom stereocenters. The number of hydrogen-bond donors (Lipinski definition) is 0. The maximum Gasteiger partial charge on any atom is 0.213 e. The van der Waals surface area contributed by atoms with Crippen LogP contribution < -0.4 is 14.4 Å². The number of fused-ring (bicyclic) bond motifs is 1. The van der Waals surface area contributed by atoms with E-state index in [-0.39, 0.29) is 0 Å². The summed E-state index contributed by atoms with van der Waals surface area (Å²) in [6.45, 7) is 6.58. The van der Waals surface area contributed by atoms with Gasteiger partial charge >= 0.3 is 0 Å². The molecule has 8 nitrogen and oxygen atoms in total. The van der Waals surface area contributed by atoms with Crippen LogP contribution in [0.3, 0.4) is 0 Å². The second kappa shape index (κ2) is 8.78. The number of anilines is 1. The minimum Gasteiger partial charge on any atom is -0.494 e. The minimum absolute atomic E-state index is 0.338. The Morgan fingerprint density at radius 3 is 2.66 bits per heavy atom. The van der Waals surface area contributed by atoms with Crippen LogP contribution in [0.1, 0.15) is 24.0 Å². The summed E-state index contributed by atoms with van der Waals surface area (Å²) < 4.78 is 27.1. The van der Waals surface area contributed by atoms with Gasteiger partial charge in [-0.1, -0.05) is 6.07 Å². The highest BCUT2D eigenvalue weighted by Crippen LogP contribution is 2.30. The van der Waals surface area contributed by atoms with E-state index in [0.717, 1.165) is 22.5 Å². The molecule has 9 heteroatoms. The fraction of sp³-hybridized carbons (Fsp3) is 0.304. The first kappa shape index (κ1) is 21.5. The first-order valence-corrected chi connectivity index (χ1v) is 10.3. The predicted molar refractivity (Wildman–Crippen MR) is 120 cm³/mol. The molecule has 0 bridgehead atoms. The summed E-state index contributed by atoms with van der Waals surface area (Å²) in [5.74, 6) is 1.19. The van der Waals surface area contributed by atoms with Crippen molar-refractivity contribution in [2.75, 3.05) is 25.7 Å². The Labute approximate surface area is 185 Å². The van der Waals surface area contributed by atoms with E-state index in [0.29, 0.717) is 41.8 Å². The van der Waals surface area contributed by atoms with Crippen molar-refractivity contribution in [2.45, 2.75) is 27.3 Å². The monoisotopic (exact) mass is 436 g/mol. The van der Waals surface area contributed by atoms with Crippen molar-refractivity contribution >= 4 is 16.7 Å². The molecule has 0 fully saturated rings. The van der Waals surface area contributed by atoms with Gasteiger partial charge in [0.25, 0.3) is 0 Å². The number of nitrogens with zero attached hydrogens (tertiary/aromatic N) is 6. The Kier molecular flexibility index (Phi) is 5.89. The van der Waals surface area contributed by atoms with Crippen LogP contribution in [0.4, 0.5) is 10.2 Å². The average molecular weight is 436 g/mol. The lowest BCUT2D eigenvalue weighted by atomic mass is 10.2. The van der Waals surface area contributed by atoms with E-state index in [1.807, 2.05) is 44.9 Å². The molecular formula is C23H25FN6O2. The van der Waals surface area contributed by atoms with E-state index in [1.54, 1.807) is 30.0 Å². The Bertz CT molecular complexity index is 1270. The molecule has 3 aromatic heterocycles. The Morgan fingerprint density at radius 1 is 1.12 bits per heavy atom. The van der Waals surface area contributed by atoms with Crippen molar-refractivity contribution in [3.8, 4) is 17.3 Å². The molecule has 3 heterocycles. The lowest BCUT2D eigenvalue weighted by Gasteiger charge is -2.18. The first-order chi connectivity index (χ1) is 15.4. The molecule has 4 rings (SSSR count). The summed E-state index contributed by atoms with van der Waals surface area (Å²) in [6.07, 6.45) is 0. The molecule has 0 radical (unpaired) electrons. The minimum atomic E-state index is -0.416. The zero-order valence-corrected chi connectivity index (χ0v) is 18.8. The van der Waals surface area contributed by atoms with Crippen molar-refractivity contribution < 1.29 is 13.9 Å². The molecule has 0 aliphatic carbocycles. The Morgan fingerprint density at radius 2 is 1.94 bits per heavy atom. The van der Waals surface area contributed by atoms with E-state index in [1.165, 1.54) is 6.07 Å². The SMILES string of the molecule is CCOc1ccc(-n2nc3c(N(C)Cc4cccc(OC)n4)nnc(C)c3c2C)c(F)c1. The topological polar surface area (TPSA) is 78.2 Å². The summed E-state index contributed by atoms with van der Waals surface area (Å²) in [6, 6.07) is 10.4. The Balaban J connectivity index is 1.77. The average Bonchev–Trinajstić information content (AvgIpc) is 3.12. The molecule has 0 saturated heterocycles. The normalized spacial score (nSPS) is 11.1. The lowest BCUT2D eigenvalue weighted by Crippen LogP contribution is -2.19. The molecule has 0 aliphatic heterocycles. The van der Waals surface area contributed by atoms with Crippen LogP contribution in [0.5, 0.6) is 11.6 Å². The molecule has 0 saturated carbocycles. The van der Waals surface area contributed by atoms with Gasteiger partial charge in [0.05, 0.1) is 42.7 Å².